The normalized spacial score (nSPS) is 11.9. The molecule has 0 aromatic heterocycles. The Labute approximate surface area is 237 Å². The maximum Gasteiger partial charge on any atom is 0.138 e. The van der Waals surface area contributed by atoms with Gasteiger partial charge in [-0.05, 0) is 81.7 Å². The molecule has 0 saturated heterocycles. The molecule has 3 aromatic carbocycles. The van der Waals surface area contributed by atoms with Crippen molar-refractivity contribution in [3.05, 3.63) is 90.0 Å². The predicted octanol–water partition coefficient (Wildman–Crippen LogP) is 10.7. The van der Waals surface area contributed by atoms with Crippen LogP contribution in [0.2, 0.25) is 0 Å². The van der Waals surface area contributed by atoms with Gasteiger partial charge in [0.05, 0.1) is 0 Å². The summed E-state index contributed by atoms with van der Waals surface area (Å²) in [4.78, 5) is 0. The number of para-hydroxylation sites is 2. The van der Waals surface area contributed by atoms with Crippen molar-refractivity contribution >= 4 is 0 Å². The molecule has 3 aromatic rings. The minimum Gasteiger partial charge on any atom is -0.508 e. The van der Waals surface area contributed by atoms with Crippen LogP contribution in [0.25, 0.3) is 0 Å². The van der Waals surface area contributed by atoms with Gasteiger partial charge in [0.1, 0.15) is 28.5 Å². The van der Waals surface area contributed by atoms with Gasteiger partial charge in [-0.3, -0.25) is 0 Å². The number of hydrogen-bond acceptors (Lipinski definition) is 3. The van der Waals surface area contributed by atoms with Crippen molar-refractivity contribution in [3.8, 4) is 17.2 Å². The highest BCUT2D eigenvalue weighted by molar-refractivity contribution is 5.48. The van der Waals surface area contributed by atoms with E-state index in [1.165, 1.54) is 0 Å². The van der Waals surface area contributed by atoms with Crippen molar-refractivity contribution in [2.24, 2.45) is 0 Å². The topological polar surface area (TPSA) is 38.7 Å². The summed E-state index contributed by atoms with van der Waals surface area (Å²) in [6, 6.07) is 26.4. The molecule has 0 aliphatic carbocycles. The van der Waals surface area contributed by atoms with E-state index < -0.39 is 11.2 Å². The summed E-state index contributed by atoms with van der Waals surface area (Å²) in [5.41, 5.74) is 0.776. The van der Waals surface area contributed by atoms with Gasteiger partial charge in [-0.2, -0.15) is 0 Å². The molecule has 0 saturated carbocycles. The summed E-state index contributed by atoms with van der Waals surface area (Å²) in [5.74, 6) is 2.02. The highest BCUT2D eigenvalue weighted by Crippen LogP contribution is 2.49. The first-order chi connectivity index (χ1) is 19.0. The zero-order valence-electron chi connectivity index (χ0n) is 24.8. The van der Waals surface area contributed by atoms with Crippen LogP contribution in [0.4, 0.5) is 0 Å². The van der Waals surface area contributed by atoms with E-state index in [1.54, 1.807) is 0 Å². The third-order valence-electron chi connectivity index (χ3n) is 7.84. The zero-order chi connectivity index (χ0) is 28.0. The lowest BCUT2D eigenvalue weighted by Gasteiger charge is -2.43. The Morgan fingerprint density at radius 3 is 1.36 bits per heavy atom. The Kier molecular flexibility index (Phi) is 12.2. The molecule has 0 atom stereocenters. The quantitative estimate of drug-likeness (QED) is 0.178. The monoisotopic (exact) mass is 530 g/mol. The number of ether oxygens (including phenoxy) is 2. The fraction of sp³-hybridized carbons (Fsp3) is 0.500. The van der Waals surface area contributed by atoms with Crippen molar-refractivity contribution in [1.29, 1.82) is 0 Å². The van der Waals surface area contributed by atoms with Crippen molar-refractivity contribution in [1.82, 2.24) is 0 Å². The van der Waals surface area contributed by atoms with Crippen LogP contribution in [0.5, 0.6) is 17.2 Å². The molecule has 39 heavy (non-hydrogen) atoms. The molecular weight excluding hydrogens is 480 g/mol. The Morgan fingerprint density at radius 2 is 0.923 bits per heavy atom. The maximum absolute atomic E-state index is 11.7. The van der Waals surface area contributed by atoms with E-state index >= 15 is 0 Å². The summed E-state index contributed by atoms with van der Waals surface area (Å²) in [6.45, 7) is 8.93. The largest absolute Gasteiger partial charge is 0.508 e. The first-order valence-electron chi connectivity index (χ1n) is 15.3. The lowest BCUT2D eigenvalue weighted by atomic mass is 9.73. The predicted molar refractivity (Wildman–Crippen MR) is 164 cm³/mol. The Bertz CT molecular complexity index is 1060. The van der Waals surface area contributed by atoms with E-state index in [4.69, 9.17) is 9.47 Å². The van der Waals surface area contributed by atoms with Gasteiger partial charge >= 0.3 is 0 Å². The molecule has 0 aliphatic rings. The van der Waals surface area contributed by atoms with Crippen molar-refractivity contribution in [2.75, 3.05) is 0 Å². The summed E-state index contributed by atoms with van der Waals surface area (Å²) in [7, 11) is 0. The number of rotatable bonds is 18. The molecule has 3 heteroatoms. The molecule has 0 bridgehead atoms. The molecular formula is C36H50O3. The Balaban J connectivity index is 2.30. The SMILES string of the molecule is CCCCC(CCCC)(Oc1ccccc1)c1cccc(O)c1C(CCCC)(CCCC)Oc1ccccc1. The second kappa shape index (κ2) is 15.6. The van der Waals surface area contributed by atoms with Crippen molar-refractivity contribution in [3.63, 3.8) is 0 Å². The maximum atomic E-state index is 11.7. The van der Waals surface area contributed by atoms with Gasteiger partial charge in [-0.1, -0.05) is 102 Å². The van der Waals surface area contributed by atoms with Crippen LogP contribution in [0.15, 0.2) is 78.9 Å². The van der Waals surface area contributed by atoms with Gasteiger partial charge in [0.2, 0.25) is 0 Å². The van der Waals surface area contributed by atoms with E-state index in [9.17, 15) is 5.11 Å². The fourth-order valence-electron chi connectivity index (χ4n) is 5.76. The number of unbranched alkanes of at least 4 members (excludes halogenated alkanes) is 4. The van der Waals surface area contributed by atoms with Crippen LogP contribution in [0, 0.1) is 0 Å². The number of hydrogen-bond donors (Lipinski definition) is 1. The van der Waals surface area contributed by atoms with Gasteiger partial charge in [-0.25, -0.2) is 0 Å². The summed E-state index contributed by atoms with van der Waals surface area (Å²) in [6.07, 6.45) is 11.9. The van der Waals surface area contributed by atoms with E-state index in [1.807, 2.05) is 60.7 Å². The van der Waals surface area contributed by atoms with E-state index in [0.29, 0.717) is 5.75 Å². The van der Waals surface area contributed by atoms with Crippen LogP contribution in [0.1, 0.15) is 116 Å². The molecule has 3 rings (SSSR count). The van der Waals surface area contributed by atoms with Gasteiger partial charge in [0, 0.05) is 11.1 Å². The first kappa shape index (κ1) is 30.6. The lowest BCUT2D eigenvalue weighted by Crippen LogP contribution is -2.41. The second-order valence-corrected chi connectivity index (χ2v) is 10.9. The molecule has 0 unspecified atom stereocenters. The fourth-order valence-corrected chi connectivity index (χ4v) is 5.76. The van der Waals surface area contributed by atoms with Gasteiger partial charge in [0.15, 0.2) is 0 Å². The molecule has 0 amide bonds. The summed E-state index contributed by atoms with van der Waals surface area (Å²) in [5, 5.41) is 11.7. The number of phenolic OH excluding ortho intramolecular Hbond substituents is 1. The average Bonchev–Trinajstić information content (AvgIpc) is 2.97. The minimum atomic E-state index is -0.655. The highest BCUT2D eigenvalue weighted by Gasteiger charge is 2.45. The van der Waals surface area contributed by atoms with Gasteiger partial charge < -0.3 is 14.6 Å². The van der Waals surface area contributed by atoms with Crippen LogP contribution in [-0.2, 0) is 11.2 Å². The highest BCUT2D eigenvalue weighted by atomic mass is 16.5. The molecule has 0 aliphatic heterocycles. The molecule has 3 nitrogen and oxygen atoms in total. The van der Waals surface area contributed by atoms with Crippen LogP contribution < -0.4 is 9.47 Å². The number of benzene rings is 3. The Hall–Kier alpha value is -2.94. The third kappa shape index (κ3) is 8.03. The molecule has 0 fully saturated rings. The van der Waals surface area contributed by atoms with Crippen LogP contribution in [-0.4, -0.2) is 5.11 Å². The Morgan fingerprint density at radius 1 is 0.513 bits per heavy atom. The van der Waals surface area contributed by atoms with Crippen molar-refractivity contribution < 1.29 is 14.6 Å². The van der Waals surface area contributed by atoms with E-state index in [2.05, 4.69) is 45.9 Å². The van der Waals surface area contributed by atoms with Gasteiger partial charge in [-0.15, -0.1) is 0 Å². The lowest BCUT2D eigenvalue weighted by molar-refractivity contribution is 0.0159. The number of aromatic hydroxyl groups is 1. The summed E-state index contributed by atoms with van der Waals surface area (Å²) < 4.78 is 14.1. The van der Waals surface area contributed by atoms with Crippen molar-refractivity contribution in [2.45, 2.75) is 116 Å². The first-order valence-corrected chi connectivity index (χ1v) is 15.3. The van der Waals surface area contributed by atoms with Crippen LogP contribution in [0.3, 0.4) is 0 Å². The second-order valence-electron chi connectivity index (χ2n) is 10.9. The number of phenols is 1. The minimum absolute atomic E-state index is 0.310. The average molecular weight is 531 g/mol. The summed E-state index contributed by atoms with van der Waals surface area (Å²) >= 11 is 0. The molecule has 0 radical (unpaired) electrons. The smallest absolute Gasteiger partial charge is 0.138 e. The molecule has 212 valence electrons. The van der Waals surface area contributed by atoms with Gasteiger partial charge in [0.25, 0.3) is 0 Å². The van der Waals surface area contributed by atoms with E-state index in [-0.39, 0.29) is 0 Å². The van der Waals surface area contributed by atoms with Crippen LogP contribution >= 0.6 is 0 Å². The molecule has 1 N–H and O–H groups in total. The third-order valence-corrected chi connectivity index (χ3v) is 7.84. The molecule has 0 heterocycles. The zero-order valence-corrected chi connectivity index (χ0v) is 24.8. The standard InChI is InChI=1S/C36H50O3/c1-5-9-26-35(27-10-6-2,38-30-20-15-13-16-21-30)32-24-19-25-33(37)34(32)36(28-11-7-3,29-12-8-4)39-31-22-17-14-18-23-31/h13-25,37H,5-12,26-29H2,1-4H3. The molecule has 0 spiro atoms. The van der Waals surface area contributed by atoms with E-state index in [0.717, 1.165) is 99.7 Å².